The second kappa shape index (κ2) is 13.8. The Hall–Kier alpha value is -8.05. The highest BCUT2D eigenvalue weighted by molar-refractivity contribution is 7.99. The number of fused-ring (bicyclic) bond motifs is 19. The maximum atomic E-state index is 7.32. The van der Waals surface area contributed by atoms with E-state index in [0.717, 1.165) is 44.7 Å². The first-order chi connectivity index (χ1) is 33.5. The molecule has 3 heterocycles. The summed E-state index contributed by atoms with van der Waals surface area (Å²) in [4.78, 5) is 5.10. The van der Waals surface area contributed by atoms with Crippen molar-refractivity contribution in [1.29, 1.82) is 0 Å². The summed E-state index contributed by atoms with van der Waals surface area (Å²) >= 11 is 1.88. The van der Waals surface area contributed by atoms with Crippen LogP contribution in [-0.4, -0.2) is 4.57 Å². The number of para-hydroxylation sites is 3. The van der Waals surface area contributed by atoms with Gasteiger partial charge in [-0.05, 0) is 123 Å². The molecule has 12 aromatic rings. The van der Waals surface area contributed by atoms with E-state index in [4.69, 9.17) is 4.42 Å². The second-order valence-electron chi connectivity index (χ2n) is 19.1. The Kier molecular flexibility index (Phi) is 7.71. The van der Waals surface area contributed by atoms with Gasteiger partial charge in [-0.25, -0.2) is 0 Å². The van der Waals surface area contributed by atoms with Gasteiger partial charge in [0.1, 0.15) is 11.2 Å². The molecule has 2 aromatic heterocycles. The molecule has 3 nitrogen and oxygen atoms in total. The van der Waals surface area contributed by atoms with Gasteiger partial charge in [0.15, 0.2) is 0 Å². The maximum absolute atomic E-state index is 7.32. The lowest BCUT2D eigenvalue weighted by molar-refractivity contribution is 0.660. The molecule has 0 atom stereocenters. The number of aromatic nitrogens is 1. The molecule has 4 heteroatoms. The van der Waals surface area contributed by atoms with E-state index in [1.165, 1.54) is 87.2 Å². The first kappa shape index (κ1) is 38.1. The Morgan fingerprint density at radius 3 is 1.82 bits per heavy atom. The Labute approximate surface area is 398 Å². The first-order valence-electron chi connectivity index (χ1n) is 23.6. The van der Waals surface area contributed by atoms with Crippen LogP contribution in [0.5, 0.6) is 0 Å². The molecule has 0 unspecified atom stereocenters. The molecule has 0 radical (unpaired) electrons. The summed E-state index contributed by atoms with van der Waals surface area (Å²) in [5.41, 5.74) is 20.6. The van der Waals surface area contributed by atoms with E-state index in [2.05, 4.69) is 242 Å². The molecule has 0 saturated carbocycles. The van der Waals surface area contributed by atoms with Crippen molar-refractivity contribution in [2.24, 2.45) is 0 Å². The number of benzene rings is 10. The van der Waals surface area contributed by atoms with Gasteiger partial charge < -0.3 is 13.9 Å². The van der Waals surface area contributed by atoms with Gasteiger partial charge in [-0.1, -0.05) is 171 Å². The fraction of sp³-hybridized carbons (Fsp3) is 0.0625. The second-order valence-corrected chi connectivity index (χ2v) is 20.2. The first-order valence-corrected chi connectivity index (χ1v) is 24.4. The third-order valence-electron chi connectivity index (χ3n) is 15.4. The molecule has 0 bridgehead atoms. The van der Waals surface area contributed by atoms with Crippen LogP contribution in [0, 0.1) is 0 Å². The van der Waals surface area contributed by atoms with E-state index in [-0.39, 0.29) is 5.41 Å². The lowest BCUT2D eigenvalue weighted by Crippen LogP contribution is -2.32. The van der Waals surface area contributed by atoms with Crippen LogP contribution in [-0.2, 0) is 10.8 Å². The Morgan fingerprint density at radius 2 is 1.03 bits per heavy atom. The lowest BCUT2D eigenvalue weighted by Gasteiger charge is -2.40. The monoisotopic (exact) mass is 886 g/mol. The predicted molar refractivity (Wildman–Crippen MR) is 282 cm³/mol. The van der Waals surface area contributed by atoms with Crippen molar-refractivity contribution in [3.63, 3.8) is 0 Å². The molecule has 320 valence electrons. The molecular formula is C64H42N2OS. The Morgan fingerprint density at radius 1 is 0.441 bits per heavy atom. The molecule has 15 rings (SSSR count). The molecule has 1 aliphatic heterocycles. The number of nitrogens with zero attached hydrogens (tertiary/aromatic N) is 2. The van der Waals surface area contributed by atoms with Crippen LogP contribution >= 0.6 is 11.8 Å². The van der Waals surface area contributed by atoms with Crippen LogP contribution in [0.3, 0.4) is 0 Å². The molecule has 2 aliphatic carbocycles. The minimum absolute atomic E-state index is 0.199. The van der Waals surface area contributed by atoms with E-state index < -0.39 is 5.41 Å². The highest BCUT2D eigenvalue weighted by Crippen LogP contribution is 2.65. The molecule has 0 amide bonds. The summed E-state index contributed by atoms with van der Waals surface area (Å²) in [5.74, 6) is 0. The number of furan rings is 1. The minimum Gasteiger partial charge on any atom is -0.455 e. The van der Waals surface area contributed by atoms with Gasteiger partial charge in [-0.3, -0.25) is 0 Å². The predicted octanol–water partition coefficient (Wildman–Crippen LogP) is 17.3. The fourth-order valence-corrected chi connectivity index (χ4v) is 13.8. The van der Waals surface area contributed by atoms with E-state index in [9.17, 15) is 0 Å². The molecule has 0 fully saturated rings. The average molecular weight is 887 g/mol. The molecule has 3 aliphatic rings. The zero-order chi connectivity index (χ0) is 44.9. The summed E-state index contributed by atoms with van der Waals surface area (Å²) < 4.78 is 9.72. The van der Waals surface area contributed by atoms with E-state index >= 15 is 0 Å². The van der Waals surface area contributed by atoms with Gasteiger partial charge in [0.25, 0.3) is 0 Å². The zero-order valence-electron chi connectivity index (χ0n) is 37.5. The minimum atomic E-state index is -0.605. The van der Waals surface area contributed by atoms with Gasteiger partial charge in [-0.2, -0.15) is 0 Å². The summed E-state index contributed by atoms with van der Waals surface area (Å²) in [6, 6.07) is 81.2. The zero-order valence-corrected chi connectivity index (χ0v) is 38.3. The summed E-state index contributed by atoms with van der Waals surface area (Å²) in [5, 5.41) is 4.62. The smallest absolute Gasteiger partial charge is 0.145 e. The van der Waals surface area contributed by atoms with Crippen LogP contribution in [0.25, 0.3) is 71.7 Å². The highest BCUT2D eigenvalue weighted by Gasteiger charge is 2.52. The lowest BCUT2D eigenvalue weighted by atomic mass is 9.67. The van der Waals surface area contributed by atoms with Crippen LogP contribution in [0.1, 0.15) is 47.2 Å². The highest BCUT2D eigenvalue weighted by atomic mass is 32.2. The van der Waals surface area contributed by atoms with E-state index in [1.807, 2.05) is 11.8 Å². The van der Waals surface area contributed by atoms with E-state index in [0.29, 0.717) is 0 Å². The van der Waals surface area contributed by atoms with Crippen molar-refractivity contribution in [3.05, 3.63) is 252 Å². The largest absolute Gasteiger partial charge is 0.455 e. The van der Waals surface area contributed by atoms with Crippen LogP contribution in [0.15, 0.2) is 233 Å². The average Bonchev–Trinajstić information content (AvgIpc) is 4.09. The third-order valence-corrected chi connectivity index (χ3v) is 16.6. The molecule has 0 N–H and O–H groups in total. The van der Waals surface area contributed by atoms with Gasteiger partial charge in [0, 0.05) is 54.0 Å². The standard InChI is InChI=1S/C64H42N2OS/c1-63(2)48-24-10-6-20-42(48)43-34-32-41(37-52(43)63)65(40-33-35-55-47(36-40)44-21-8-14-28-54(44)66(55)39-18-4-3-5-19-39)56-38-53-60(62-61(56)46-23-9-15-29-57(46)67-62)45-22-7-11-25-49(45)64(53)50-26-12-16-30-58(50)68-59-31-17-13-27-51(59)64/h3-38H,1-2H3. The van der Waals surface area contributed by atoms with Gasteiger partial charge in [0.2, 0.25) is 0 Å². The Balaban J connectivity index is 1.10. The van der Waals surface area contributed by atoms with Crippen LogP contribution < -0.4 is 4.90 Å². The van der Waals surface area contributed by atoms with Gasteiger partial charge in [0.05, 0.1) is 27.5 Å². The normalized spacial score (nSPS) is 14.5. The van der Waals surface area contributed by atoms with Crippen molar-refractivity contribution in [2.75, 3.05) is 4.90 Å². The van der Waals surface area contributed by atoms with Gasteiger partial charge in [-0.15, -0.1) is 0 Å². The van der Waals surface area contributed by atoms with Crippen molar-refractivity contribution >= 4 is 72.6 Å². The molecule has 0 saturated heterocycles. The molecule has 1 spiro atoms. The number of hydrogen-bond donors (Lipinski definition) is 0. The third kappa shape index (κ3) is 4.89. The fourth-order valence-electron chi connectivity index (χ4n) is 12.6. The van der Waals surface area contributed by atoms with Gasteiger partial charge >= 0.3 is 0 Å². The topological polar surface area (TPSA) is 21.3 Å². The summed E-state index contributed by atoms with van der Waals surface area (Å²) in [6.45, 7) is 4.76. The molecular weight excluding hydrogens is 845 g/mol. The van der Waals surface area contributed by atoms with Crippen LogP contribution in [0.2, 0.25) is 0 Å². The number of rotatable bonds is 4. The summed E-state index contributed by atoms with van der Waals surface area (Å²) in [6.07, 6.45) is 0. The quantitative estimate of drug-likeness (QED) is 0.176. The Bertz CT molecular complexity index is 4070. The summed E-state index contributed by atoms with van der Waals surface area (Å²) in [7, 11) is 0. The van der Waals surface area contributed by atoms with Crippen LogP contribution in [0.4, 0.5) is 17.1 Å². The maximum Gasteiger partial charge on any atom is 0.145 e. The van der Waals surface area contributed by atoms with Crippen molar-refractivity contribution < 1.29 is 4.42 Å². The van der Waals surface area contributed by atoms with E-state index in [1.54, 1.807) is 0 Å². The number of anilines is 3. The van der Waals surface area contributed by atoms with Crippen molar-refractivity contribution in [1.82, 2.24) is 4.57 Å². The SMILES string of the molecule is CC1(C)c2ccccc2-c2ccc(N(c3ccc4c(c3)c3ccccc3n4-c3ccccc3)c3cc4c(c5oc6ccccc6c35)-c3ccccc3C43c4ccccc4Sc4ccccc43)cc21. The van der Waals surface area contributed by atoms with Crippen molar-refractivity contribution in [3.8, 4) is 27.9 Å². The van der Waals surface area contributed by atoms with Crippen molar-refractivity contribution in [2.45, 2.75) is 34.5 Å². The number of hydrogen-bond acceptors (Lipinski definition) is 3. The molecule has 10 aromatic carbocycles. The molecule has 68 heavy (non-hydrogen) atoms.